The van der Waals surface area contributed by atoms with Crippen LogP contribution >= 0.6 is 0 Å². The molecule has 0 amide bonds. The van der Waals surface area contributed by atoms with Crippen molar-refractivity contribution < 1.29 is 27.6 Å². The van der Waals surface area contributed by atoms with Gasteiger partial charge in [-0.05, 0) is 32.0 Å². The van der Waals surface area contributed by atoms with Crippen LogP contribution in [0.4, 0.5) is 0 Å². The molecule has 0 aliphatic heterocycles. The molecule has 0 aliphatic rings. The van der Waals surface area contributed by atoms with E-state index in [1.165, 1.54) is 5.56 Å². The van der Waals surface area contributed by atoms with Gasteiger partial charge >= 0.3 is 0 Å². The summed E-state index contributed by atoms with van der Waals surface area (Å²) < 4.78 is 11.2. The summed E-state index contributed by atoms with van der Waals surface area (Å²) in [5.74, 6) is 1.58. The van der Waals surface area contributed by atoms with Crippen molar-refractivity contribution in [2.45, 2.75) is 19.9 Å². The molecule has 21 heavy (non-hydrogen) atoms. The largest absolute Gasteiger partial charge is 1.00 e. The Morgan fingerprint density at radius 1 is 0.857 bits per heavy atom. The van der Waals surface area contributed by atoms with E-state index in [-0.39, 0.29) is 18.4 Å². The highest BCUT2D eigenvalue weighted by molar-refractivity contribution is 5.45. The maximum Gasteiger partial charge on any atom is 0.161 e. The molecule has 3 nitrogen and oxygen atoms in total. The predicted molar refractivity (Wildman–Crippen MR) is 80.0 cm³/mol. The van der Waals surface area contributed by atoms with E-state index in [0.29, 0.717) is 13.2 Å². The fraction of sp³-hybridized carbons (Fsp3) is 0.294. The minimum Gasteiger partial charge on any atom is -1.00 e. The third kappa shape index (κ3) is 4.38. The summed E-state index contributed by atoms with van der Waals surface area (Å²) in [4.78, 5) is 0. The van der Waals surface area contributed by atoms with Crippen molar-refractivity contribution in [3.8, 4) is 11.5 Å². The number of quaternary nitrogens is 1. The molecule has 2 aromatic carbocycles. The van der Waals surface area contributed by atoms with Crippen LogP contribution in [0.15, 0.2) is 48.5 Å². The van der Waals surface area contributed by atoms with Crippen LogP contribution in [0.1, 0.15) is 31.0 Å². The molecule has 0 saturated heterocycles. The SMILES string of the molecule is CCOc1ccc(C([NH3+])c2ccccc2)cc1OCC.[Cl-]. The quantitative estimate of drug-likeness (QED) is 0.805. The highest BCUT2D eigenvalue weighted by Gasteiger charge is 2.15. The van der Waals surface area contributed by atoms with Crippen molar-refractivity contribution in [1.82, 2.24) is 0 Å². The summed E-state index contributed by atoms with van der Waals surface area (Å²) in [6, 6.07) is 16.4. The first-order valence-electron chi connectivity index (χ1n) is 7.03. The van der Waals surface area contributed by atoms with E-state index in [1.807, 2.05) is 44.2 Å². The molecule has 0 bridgehead atoms. The standard InChI is InChI=1S/C17H21NO2.ClH/c1-3-19-15-11-10-14(12-16(15)20-4-2)17(18)13-8-6-5-7-9-13;/h5-12,17H,3-4,18H2,1-2H3;1H. The lowest BCUT2D eigenvalue weighted by Gasteiger charge is -2.14. The van der Waals surface area contributed by atoms with Gasteiger partial charge in [0.15, 0.2) is 11.5 Å². The van der Waals surface area contributed by atoms with Crippen LogP contribution < -0.4 is 27.6 Å². The Kier molecular flexibility index (Phi) is 7.06. The zero-order chi connectivity index (χ0) is 14.4. The Labute approximate surface area is 132 Å². The number of rotatable bonds is 6. The Morgan fingerprint density at radius 2 is 1.48 bits per heavy atom. The molecule has 0 fully saturated rings. The van der Waals surface area contributed by atoms with Gasteiger partial charge in [0.2, 0.25) is 0 Å². The van der Waals surface area contributed by atoms with Gasteiger partial charge in [-0.15, -0.1) is 0 Å². The van der Waals surface area contributed by atoms with Gasteiger partial charge in [-0.25, -0.2) is 0 Å². The van der Waals surface area contributed by atoms with Gasteiger partial charge in [0.05, 0.1) is 13.2 Å². The Balaban J connectivity index is 0.00000220. The van der Waals surface area contributed by atoms with Crippen LogP contribution in [0, 0.1) is 0 Å². The molecule has 1 atom stereocenters. The van der Waals surface area contributed by atoms with Crippen LogP contribution in [0.25, 0.3) is 0 Å². The van der Waals surface area contributed by atoms with Crippen molar-refractivity contribution in [2.75, 3.05) is 13.2 Å². The average Bonchev–Trinajstić information content (AvgIpc) is 2.50. The van der Waals surface area contributed by atoms with E-state index in [9.17, 15) is 0 Å². The number of hydrogen-bond acceptors (Lipinski definition) is 2. The molecule has 3 N–H and O–H groups in total. The normalized spacial score (nSPS) is 11.4. The fourth-order valence-corrected chi connectivity index (χ4v) is 2.16. The van der Waals surface area contributed by atoms with Gasteiger partial charge in [-0.3, -0.25) is 0 Å². The molecule has 114 valence electrons. The molecule has 4 heteroatoms. The monoisotopic (exact) mass is 307 g/mol. The van der Waals surface area contributed by atoms with Gasteiger partial charge in [0.25, 0.3) is 0 Å². The summed E-state index contributed by atoms with van der Waals surface area (Å²) >= 11 is 0. The lowest BCUT2D eigenvalue weighted by atomic mass is 9.99. The van der Waals surface area contributed by atoms with Crippen LogP contribution in [-0.4, -0.2) is 13.2 Å². The third-order valence-corrected chi connectivity index (χ3v) is 3.17. The highest BCUT2D eigenvalue weighted by atomic mass is 35.5. The molecule has 2 aromatic rings. The fourth-order valence-electron chi connectivity index (χ4n) is 2.16. The molecule has 1 unspecified atom stereocenters. The molecule has 0 aromatic heterocycles. The topological polar surface area (TPSA) is 46.1 Å². The molecular formula is C17H22ClNO2. The second-order valence-electron chi connectivity index (χ2n) is 4.54. The van der Waals surface area contributed by atoms with E-state index < -0.39 is 0 Å². The molecule has 0 heterocycles. The molecule has 0 radical (unpaired) electrons. The molecular weight excluding hydrogens is 286 g/mol. The second-order valence-corrected chi connectivity index (χ2v) is 4.54. The maximum atomic E-state index is 5.66. The van der Waals surface area contributed by atoms with Crippen LogP contribution in [0.3, 0.4) is 0 Å². The van der Waals surface area contributed by atoms with E-state index in [1.54, 1.807) is 0 Å². The summed E-state index contributed by atoms with van der Waals surface area (Å²) in [5, 5.41) is 0. The lowest BCUT2D eigenvalue weighted by molar-refractivity contribution is -0.411. The first-order valence-corrected chi connectivity index (χ1v) is 7.03. The zero-order valence-corrected chi connectivity index (χ0v) is 13.3. The maximum absolute atomic E-state index is 5.66. The number of benzene rings is 2. The van der Waals surface area contributed by atoms with Crippen molar-refractivity contribution >= 4 is 0 Å². The molecule has 0 spiro atoms. The van der Waals surface area contributed by atoms with E-state index in [4.69, 9.17) is 9.47 Å². The van der Waals surface area contributed by atoms with Crippen LogP contribution in [0.2, 0.25) is 0 Å². The van der Waals surface area contributed by atoms with E-state index in [0.717, 1.165) is 17.1 Å². The van der Waals surface area contributed by atoms with E-state index >= 15 is 0 Å². The zero-order valence-electron chi connectivity index (χ0n) is 12.5. The van der Waals surface area contributed by atoms with Gasteiger partial charge in [-0.2, -0.15) is 0 Å². The lowest BCUT2D eigenvalue weighted by Crippen LogP contribution is -3.00. The van der Waals surface area contributed by atoms with E-state index in [2.05, 4.69) is 23.9 Å². The molecule has 2 rings (SSSR count). The second kappa shape index (κ2) is 8.55. The minimum absolute atomic E-state index is 0. The summed E-state index contributed by atoms with van der Waals surface area (Å²) in [5.41, 5.74) is 6.58. The summed E-state index contributed by atoms with van der Waals surface area (Å²) in [6.07, 6.45) is 0. The summed E-state index contributed by atoms with van der Waals surface area (Å²) in [7, 11) is 0. The summed E-state index contributed by atoms with van der Waals surface area (Å²) in [6.45, 7) is 5.20. The third-order valence-electron chi connectivity index (χ3n) is 3.17. The van der Waals surface area contributed by atoms with Crippen molar-refractivity contribution in [2.24, 2.45) is 0 Å². The Hall–Kier alpha value is -1.71. The van der Waals surface area contributed by atoms with Gasteiger partial charge < -0.3 is 27.6 Å². The van der Waals surface area contributed by atoms with Crippen molar-refractivity contribution in [3.05, 3.63) is 59.7 Å². The first-order chi connectivity index (χ1) is 9.76. The Bertz CT molecular complexity index is 546. The van der Waals surface area contributed by atoms with Gasteiger partial charge in [-0.1, -0.05) is 30.3 Å². The van der Waals surface area contributed by atoms with Gasteiger partial charge in [0, 0.05) is 11.1 Å². The number of halogens is 1. The molecule has 0 saturated carbocycles. The average molecular weight is 308 g/mol. The van der Waals surface area contributed by atoms with Crippen LogP contribution in [0.5, 0.6) is 11.5 Å². The highest BCUT2D eigenvalue weighted by Crippen LogP contribution is 2.31. The van der Waals surface area contributed by atoms with Gasteiger partial charge in [0.1, 0.15) is 6.04 Å². The number of ether oxygens (including phenoxy) is 2. The minimum atomic E-state index is 0. The molecule has 0 aliphatic carbocycles. The van der Waals surface area contributed by atoms with Crippen LogP contribution in [-0.2, 0) is 0 Å². The number of hydrogen-bond donors (Lipinski definition) is 1. The van der Waals surface area contributed by atoms with Crippen molar-refractivity contribution in [3.63, 3.8) is 0 Å². The Morgan fingerprint density at radius 3 is 2.10 bits per heavy atom. The predicted octanol–water partition coefficient (Wildman–Crippen LogP) is -0.181. The smallest absolute Gasteiger partial charge is 0.161 e. The van der Waals surface area contributed by atoms with Crippen molar-refractivity contribution in [1.29, 1.82) is 0 Å². The first kappa shape index (κ1) is 17.3.